The molecular formula is C13H14BrN3O. The number of pyridine rings is 1. The van der Waals surface area contributed by atoms with Crippen LogP contribution in [0.1, 0.15) is 30.1 Å². The highest BCUT2D eigenvalue weighted by Gasteiger charge is 2.32. The van der Waals surface area contributed by atoms with Crippen LogP contribution in [0, 0.1) is 16.7 Å². The van der Waals surface area contributed by atoms with Crippen LogP contribution in [0.15, 0.2) is 22.9 Å². The predicted octanol–water partition coefficient (Wildman–Crippen LogP) is 2.61. The maximum absolute atomic E-state index is 12.2. The van der Waals surface area contributed by atoms with E-state index in [0.717, 1.165) is 17.3 Å². The molecule has 18 heavy (non-hydrogen) atoms. The first-order valence-electron chi connectivity index (χ1n) is 5.85. The third-order valence-corrected chi connectivity index (χ3v) is 3.81. The van der Waals surface area contributed by atoms with Crippen molar-refractivity contribution in [2.24, 2.45) is 5.41 Å². The molecule has 1 saturated heterocycles. The topological polar surface area (TPSA) is 57.0 Å². The second kappa shape index (κ2) is 5.07. The van der Waals surface area contributed by atoms with Crippen molar-refractivity contribution in [1.29, 1.82) is 5.26 Å². The number of piperidine rings is 1. The lowest BCUT2D eigenvalue weighted by Gasteiger charge is -2.34. The van der Waals surface area contributed by atoms with Crippen LogP contribution in [0.3, 0.4) is 0 Å². The normalized spacial score (nSPS) is 18.2. The number of likely N-dealkylation sites (tertiary alicyclic amines) is 1. The fourth-order valence-corrected chi connectivity index (χ4v) is 2.39. The Morgan fingerprint density at radius 1 is 1.50 bits per heavy atom. The Morgan fingerprint density at radius 3 is 2.72 bits per heavy atom. The molecule has 0 N–H and O–H groups in total. The molecule has 4 nitrogen and oxygen atoms in total. The average molecular weight is 308 g/mol. The molecule has 2 heterocycles. The van der Waals surface area contributed by atoms with Gasteiger partial charge in [0.15, 0.2) is 0 Å². The molecular weight excluding hydrogens is 294 g/mol. The van der Waals surface area contributed by atoms with E-state index in [1.165, 1.54) is 0 Å². The third kappa shape index (κ3) is 2.70. The van der Waals surface area contributed by atoms with Crippen LogP contribution in [-0.2, 0) is 0 Å². The lowest BCUT2D eigenvalue weighted by atomic mass is 9.82. The molecule has 0 aromatic carbocycles. The van der Waals surface area contributed by atoms with Crippen LogP contribution >= 0.6 is 15.9 Å². The second-order valence-electron chi connectivity index (χ2n) is 4.86. The van der Waals surface area contributed by atoms with E-state index in [1.54, 1.807) is 23.4 Å². The van der Waals surface area contributed by atoms with E-state index >= 15 is 0 Å². The van der Waals surface area contributed by atoms with E-state index in [9.17, 15) is 4.79 Å². The molecule has 0 spiro atoms. The summed E-state index contributed by atoms with van der Waals surface area (Å²) in [6.07, 6.45) is 4.69. The molecule has 0 unspecified atom stereocenters. The van der Waals surface area contributed by atoms with Crippen LogP contribution in [0.5, 0.6) is 0 Å². The molecule has 1 fully saturated rings. The summed E-state index contributed by atoms with van der Waals surface area (Å²) in [5.41, 5.74) is 0.302. The lowest BCUT2D eigenvalue weighted by Crippen LogP contribution is -2.41. The largest absolute Gasteiger partial charge is 0.338 e. The number of amides is 1. The molecule has 2 rings (SSSR count). The molecule has 1 aliphatic heterocycles. The van der Waals surface area contributed by atoms with Gasteiger partial charge in [0.1, 0.15) is 0 Å². The summed E-state index contributed by atoms with van der Waals surface area (Å²) in [5.74, 6) is -0.0104. The minimum atomic E-state index is -0.285. The van der Waals surface area contributed by atoms with Gasteiger partial charge in [0.2, 0.25) is 0 Å². The third-order valence-electron chi connectivity index (χ3n) is 3.38. The predicted molar refractivity (Wildman–Crippen MR) is 70.8 cm³/mol. The number of nitriles is 1. The van der Waals surface area contributed by atoms with E-state index in [0.29, 0.717) is 18.7 Å². The van der Waals surface area contributed by atoms with E-state index in [1.807, 2.05) is 6.92 Å². The molecule has 0 radical (unpaired) electrons. The monoisotopic (exact) mass is 307 g/mol. The Bertz CT molecular complexity index is 501. The fourth-order valence-electron chi connectivity index (χ4n) is 2.03. The minimum Gasteiger partial charge on any atom is -0.338 e. The summed E-state index contributed by atoms with van der Waals surface area (Å²) in [7, 11) is 0. The molecule has 1 aliphatic rings. The van der Waals surface area contributed by atoms with E-state index in [-0.39, 0.29) is 11.3 Å². The molecule has 0 bridgehead atoms. The standard InChI is InChI=1S/C13H14BrN3O/c1-13(9-15)2-4-17(5-3-13)12(18)10-6-11(14)8-16-7-10/h6-8H,2-5H2,1H3. The molecule has 1 aromatic rings. The van der Waals surface area contributed by atoms with Gasteiger partial charge in [0, 0.05) is 30.0 Å². The summed E-state index contributed by atoms with van der Waals surface area (Å²) >= 11 is 3.31. The summed E-state index contributed by atoms with van der Waals surface area (Å²) in [6, 6.07) is 4.10. The number of carbonyl (C=O) groups excluding carboxylic acids is 1. The van der Waals surface area contributed by atoms with E-state index in [4.69, 9.17) is 5.26 Å². The van der Waals surface area contributed by atoms with Crippen molar-refractivity contribution in [1.82, 2.24) is 9.88 Å². The van der Waals surface area contributed by atoms with E-state index < -0.39 is 0 Å². The second-order valence-corrected chi connectivity index (χ2v) is 5.77. The number of nitrogens with zero attached hydrogens (tertiary/aromatic N) is 3. The van der Waals surface area contributed by atoms with Crippen LogP contribution < -0.4 is 0 Å². The summed E-state index contributed by atoms with van der Waals surface area (Å²) in [4.78, 5) is 18.0. The van der Waals surface area contributed by atoms with Crippen LogP contribution in [0.2, 0.25) is 0 Å². The first kappa shape index (κ1) is 13.0. The van der Waals surface area contributed by atoms with Crippen LogP contribution in [-0.4, -0.2) is 28.9 Å². The Labute approximate surface area is 115 Å². The molecule has 94 valence electrons. The van der Waals surface area contributed by atoms with Crippen molar-refractivity contribution in [2.75, 3.05) is 13.1 Å². The highest BCUT2D eigenvalue weighted by molar-refractivity contribution is 9.10. The molecule has 1 amide bonds. The molecule has 0 saturated carbocycles. The number of halogens is 1. The SMILES string of the molecule is CC1(C#N)CCN(C(=O)c2cncc(Br)c2)CC1. The van der Waals surface area contributed by atoms with Gasteiger partial charge >= 0.3 is 0 Å². The minimum absolute atomic E-state index is 0.0104. The maximum atomic E-state index is 12.2. The first-order valence-corrected chi connectivity index (χ1v) is 6.64. The molecule has 1 aromatic heterocycles. The Kier molecular flexibility index (Phi) is 3.67. The summed E-state index contributed by atoms with van der Waals surface area (Å²) in [5, 5.41) is 9.06. The number of hydrogen-bond donors (Lipinski definition) is 0. The van der Waals surface area contributed by atoms with Gasteiger partial charge < -0.3 is 4.90 Å². The van der Waals surface area contributed by atoms with Gasteiger partial charge in [-0.25, -0.2) is 0 Å². The van der Waals surface area contributed by atoms with Crippen molar-refractivity contribution >= 4 is 21.8 Å². The zero-order chi connectivity index (χ0) is 13.2. The van der Waals surface area contributed by atoms with Gasteiger partial charge in [-0.15, -0.1) is 0 Å². The van der Waals surface area contributed by atoms with Crippen molar-refractivity contribution in [3.63, 3.8) is 0 Å². The number of aromatic nitrogens is 1. The molecule has 0 aliphatic carbocycles. The van der Waals surface area contributed by atoms with Gasteiger partial charge in [-0.05, 0) is 41.8 Å². The van der Waals surface area contributed by atoms with Gasteiger partial charge in [-0.1, -0.05) is 0 Å². The Balaban J connectivity index is 2.07. The smallest absolute Gasteiger partial charge is 0.255 e. The maximum Gasteiger partial charge on any atom is 0.255 e. The van der Waals surface area contributed by atoms with Crippen molar-refractivity contribution < 1.29 is 4.79 Å². The number of hydrogen-bond acceptors (Lipinski definition) is 3. The average Bonchev–Trinajstić information content (AvgIpc) is 2.39. The quantitative estimate of drug-likeness (QED) is 0.801. The number of rotatable bonds is 1. The van der Waals surface area contributed by atoms with Gasteiger partial charge in [-0.2, -0.15) is 5.26 Å². The fraction of sp³-hybridized carbons (Fsp3) is 0.462. The van der Waals surface area contributed by atoms with Crippen molar-refractivity contribution in [2.45, 2.75) is 19.8 Å². The van der Waals surface area contributed by atoms with Crippen molar-refractivity contribution in [3.05, 3.63) is 28.5 Å². The zero-order valence-electron chi connectivity index (χ0n) is 10.2. The highest BCUT2D eigenvalue weighted by atomic mass is 79.9. The molecule has 0 atom stereocenters. The van der Waals surface area contributed by atoms with Crippen molar-refractivity contribution in [3.8, 4) is 6.07 Å². The first-order chi connectivity index (χ1) is 8.54. The van der Waals surface area contributed by atoms with Crippen LogP contribution in [0.25, 0.3) is 0 Å². The zero-order valence-corrected chi connectivity index (χ0v) is 11.8. The van der Waals surface area contributed by atoms with Crippen LogP contribution in [0.4, 0.5) is 0 Å². The molecule has 5 heteroatoms. The highest BCUT2D eigenvalue weighted by Crippen LogP contribution is 2.30. The number of carbonyl (C=O) groups is 1. The van der Waals surface area contributed by atoms with Gasteiger partial charge in [0.25, 0.3) is 5.91 Å². The van der Waals surface area contributed by atoms with Gasteiger partial charge in [0.05, 0.1) is 17.0 Å². The Morgan fingerprint density at radius 2 is 2.17 bits per heavy atom. The lowest BCUT2D eigenvalue weighted by molar-refractivity contribution is 0.0661. The van der Waals surface area contributed by atoms with E-state index in [2.05, 4.69) is 27.0 Å². The summed E-state index contributed by atoms with van der Waals surface area (Å²) < 4.78 is 0.798. The Hall–Kier alpha value is -1.41. The summed E-state index contributed by atoms with van der Waals surface area (Å²) in [6.45, 7) is 3.22. The van der Waals surface area contributed by atoms with Gasteiger partial charge in [-0.3, -0.25) is 9.78 Å².